The van der Waals surface area contributed by atoms with Crippen molar-refractivity contribution >= 4 is 16.6 Å². The Bertz CT molecular complexity index is 1140. The van der Waals surface area contributed by atoms with Gasteiger partial charge in [-0.25, -0.2) is 4.98 Å². The average Bonchev–Trinajstić information content (AvgIpc) is 2.75. The van der Waals surface area contributed by atoms with Gasteiger partial charge >= 0.3 is 0 Å². The van der Waals surface area contributed by atoms with E-state index in [2.05, 4.69) is 10.3 Å². The van der Waals surface area contributed by atoms with Gasteiger partial charge in [-0.2, -0.15) is 0 Å². The molecule has 6 nitrogen and oxygen atoms in total. The summed E-state index contributed by atoms with van der Waals surface area (Å²) >= 11 is 0. The van der Waals surface area contributed by atoms with Crippen LogP contribution in [0.1, 0.15) is 0 Å². The van der Waals surface area contributed by atoms with E-state index in [1.165, 1.54) is 10.9 Å². The Hall–Kier alpha value is -3.80. The monoisotopic (exact) mass is 373 g/mol. The molecule has 28 heavy (non-hydrogen) atoms. The molecule has 0 atom stereocenters. The molecule has 0 aliphatic rings. The standard InChI is InChI=1S/C22H19N3O3/c1-27-19-11-12-20-21(13-19)24-15-25(22(20)26)14-23-16-7-9-18(10-8-16)28-17-5-3-2-4-6-17/h2-13,15,23H,14H2,1H3. The van der Waals surface area contributed by atoms with Crippen molar-refractivity contribution in [2.24, 2.45) is 0 Å². The molecule has 1 heterocycles. The predicted molar refractivity (Wildman–Crippen MR) is 109 cm³/mol. The number of hydrogen-bond donors (Lipinski definition) is 1. The van der Waals surface area contributed by atoms with Gasteiger partial charge in [0.05, 0.1) is 31.0 Å². The van der Waals surface area contributed by atoms with Crippen molar-refractivity contribution < 1.29 is 9.47 Å². The molecule has 140 valence electrons. The first-order valence-electron chi connectivity index (χ1n) is 8.83. The third-order valence-corrected chi connectivity index (χ3v) is 4.32. The van der Waals surface area contributed by atoms with E-state index in [9.17, 15) is 4.79 Å². The lowest BCUT2D eigenvalue weighted by Gasteiger charge is -2.11. The minimum atomic E-state index is -0.107. The SMILES string of the molecule is COc1ccc2c(=O)n(CNc3ccc(Oc4ccccc4)cc3)cnc2c1. The molecule has 0 amide bonds. The fourth-order valence-corrected chi connectivity index (χ4v) is 2.82. The molecule has 6 heteroatoms. The number of methoxy groups -OCH3 is 1. The highest BCUT2D eigenvalue weighted by Gasteiger charge is 2.05. The van der Waals surface area contributed by atoms with Crippen LogP contribution in [0.15, 0.2) is 83.9 Å². The van der Waals surface area contributed by atoms with Gasteiger partial charge in [0, 0.05) is 11.8 Å². The molecule has 0 saturated heterocycles. The van der Waals surface area contributed by atoms with Crippen molar-refractivity contribution in [3.63, 3.8) is 0 Å². The second-order valence-electron chi connectivity index (χ2n) is 6.18. The van der Waals surface area contributed by atoms with Crippen molar-refractivity contribution in [3.05, 3.63) is 89.5 Å². The van der Waals surface area contributed by atoms with Crippen LogP contribution in [-0.2, 0) is 6.67 Å². The van der Waals surface area contributed by atoms with Gasteiger partial charge in [0.1, 0.15) is 17.2 Å². The lowest BCUT2D eigenvalue weighted by Crippen LogP contribution is -2.24. The maximum Gasteiger partial charge on any atom is 0.262 e. The molecule has 0 unspecified atom stereocenters. The van der Waals surface area contributed by atoms with Crippen LogP contribution in [-0.4, -0.2) is 16.7 Å². The fraction of sp³-hybridized carbons (Fsp3) is 0.0909. The third kappa shape index (κ3) is 3.81. The summed E-state index contributed by atoms with van der Waals surface area (Å²) in [7, 11) is 1.59. The van der Waals surface area contributed by atoms with Crippen LogP contribution >= 0.6 is 0 Å². The summed E-state index contributed by atoms with van der Waals surface area (Å²) in [5, 5.41) is 3.78. The number of anilines is 1. The minimum absolute atomic E-state index is 0.107. The third-order valence-electron chi connectivity index (χ3n) is 4.32. The van der Waals surface area contributed by atoms with Crippen LogP contribution in [0.2, 0.25) is 0 Å². The van der Waals surface area contributed by atoms with E-state index < -0.39 is 0 Å². The quantitative estimate of drug-likeness (QED) is 0.547. The fourth-order valence-electron chi connectivity index (χ4n) is 2.82. The topological polar surface area (TPSA) is 65.4 Å². The van der Waals surface area contributed by atoms with E-state index in [1.807, 2.05) is 54.6 Å². The van der Waals surface area contributed by atoms with Crippen LogP contribution in [0.5, 0.6) is 17.2 Å². The highest BCUT2D eigenvalue weighted by Crippen LogP contribution is 2.22. The number of nitrogens with one attached hydrogen (secondary N) is 1. The Morgan fingerprint density at radius 3 is 2.39 bits per heavy atom. The van der Waals surface area contributed by atoms with Gasteiger partial charge in [0.2, 0.25) is 0 Å². The Morgan fingerprint density at radius 2 is 1.64 bits per heavy atom. The summed E-state index contributed by atoms with van der Waals surface area (Å²) < 4.78 is 12.5. The zero-order valence-corrected chi connectivity index (χ0v) is 15.3. The summed E-state index contributed by atoms with van der Waals surface area (Å²) in [5.74, 6) is 2.21. The Balaban J connectivity index is 1.45. The smallest absolute Gasteiger partial charge is 0.262 e. The average molecular weight is 373 g/mol. The summed E-state index contributed by atoms with van der Waals surface area (Å²) in [6.45, 7) is 0.312. The van der Waals surface area contributed by atoms with Gasteiger partial charge in [0.15, 0.2) is 0 Å². The number of para-hydroxylation sites is 1. The van der Waals surface area contributed by atoms with Crippen LogP contribution in [0, 0.1) is 0 Å². The molecule has 0 radical (unpaired) electrons. The number of nitrogens with zero attached hydrogens (tertiary/aromatic N) is 2. The second-order valence-corrected chi connectivity index (χ2v) is 6.18. The first-order chi connectivity index (χ1) is 13.7. The van der Waals surface area contributed by atoms with Gasteiger partial charge in [0.25, 0.3) is 5.56 Å². The van der Waals surface area contributed by atoms with E-state index >= 15 is 0 Å². The first-order valence-corrected chi connectivity index (χ1v) is 8.83. The molecule has 0 bridgehead atoms. The molecule has 0 aliphatic carbocycles. The summed E-state index contributed by atoms with van der Waals surface area (Å²) in [6.07, 6.45) is 1.53. The van der Waals surface area contributed by atoms with Crippen molar-refractivity contribution in [1.29, 1.82) is 0 Å². The molecular weight excluding hydrogens is 354 g/mol. The van der Waals surface area contributed by atoms with E-state index in [0.717, 1.165) is 17.2 Å². The Morgan fingerprint density at radius 1 is 0.929 bits per heavy atom. The Kier molecular flexibility index (Phi) is 4.93. The Labute approximate surface area is 162 Å². The number of hydrogen-bond acceptors (Lipinski definition) is 5. The molecule has 3 aromatic carbocycles. The van der Waals surface area contributed by atoms with Crippen molar-refractivity contribution in [1.82, 2.24) is 9.55 Å². The lowest BCUT2D eigenvalue weighted by atomic mass is 10.2. The largest absolute Gasteiger partial charge is 0.497 e. The number of rotatable bonds is 6. The van der Waals surface area contributed by atoms with Gasteiger partial charge in [-0.1, -0.05) is 18.2 Å². The number of benzene rings is 3. The van der Waals surface area contributed by atoms with Gasteiger partial charge in [-0.15, -0.1) is 0 Å². The van der Waals surface area contributed by atoms with E-state index in [4.69, 9.17) is 9.47 Å². The summed E-state index contributed by atoms with van der Waals surface area (Å²) in [6, 6.07) is 22.4. The zero-order valence-electron chi connectivity index (χ0n) is 15.3. The minimum Gasteiger partial charge on any atom is -0.497 e. The van der Waals surface area contributed by atoms with Gasteiger partial charge in [-0.05, 0) is 48.5 Å². The first kappa shape index (κ1) is 17.6. The molecule has 0 spiro atoms. The molecule has 0 saturated carbocycles. The maximum atomic E-state index is 12.6. The molecule has 0 fully saturated rings. The highest BCUT2D eigenvalue weighted by molar-refractivity contribution is 5.78. The van der Waals surface area contributed by atoms with Gasteiger partial charge < -0.3 is 14.8 Å². The molecular formula is C22H19N3O3. The molecule has 1 N–H and O–H groups in total. The van der Waals surface area contributed by atoms with Crippen LogP contribution in [0.25, 0.3) is 10.9 Å². The van der Waals surface area contributed by atoms with E-state index in [0.29, 0.717) is 23.3 Å². The molecule has 4 rings (SSSR count). The number of aromatic nitrogens is 2. The van der Waals surface area contributed by atoms with Crippen LogP contribution in [0.4, 0.5) is 5.69 Å². The van der Waals surface area contributed by atoms with Crippen LogP contribution < -0.4 is 20.3 Å². The highest BCUT2D eigenvalue weighted by atomic mass is 16.5. The van der Waals surface area contributed by atoms with E-state index in [1.54, 1.807) is 25.3 Å². The van der Waals surface area contributed by atoms with Gasteiger partial charge in [-0.3, -0.25) is 9.36 Å². The summed E-state index contributed by atoms with van der Waals surface area (Å²) in [4.78, 5) is 17.0. The second kappa shape index (κ2) is 7.84. The zero-order chi connectivity index (χ0) is 19.3. The molecule has 4 aromatic rings. The summed E-state index contributed by atoms with van der Waals surface area (Å²) in [5.41, 5.74) is 1.38. The normalized spacial score (nSPS) is 10.6. The molecule has 0 aliphatic heterocycles. The number of fused-ring (bicyclic) bond motifs is 1. The van der Waals surface area contributed by atoms with Crippen molar-refractivity contribution in [2.75, 3.05) is 12.4 Å². The maximum absolute atomic E-state index is 12.6. The van der Waals surface area contributed by atoms with Crippen molar-refractivity contribution in [2.45, 2.75) is 6.67 Å². The lowest BCUT2D eigenvalue weighted by molar-refractivity contribution is 0.415. The predicted octanol–water partition coefficient (Wildman–Crippen LogP) is 4.27. The number of ether oxygens (including phenoxy) is 2. The van der Waals surface area contributed by atoms with E-state index in [-0.39, 0.29) is 5.56 Å². The van der Waals surface area contributed by atoms with Crippen molar-refractivity contribution in [3.8, 4) is 17.2 Å². The molecule has 1 aromatic heterocycles. The van der Waals surface area contributed by atoms with Crippen LogP contribution in [0.3, 0.4) is 0 Å².